The summed E-state index contributed by atoms with van der Waals surface area (Å²) in [6.45, 7) is 0.473. The number of hydrogen-bond donors (Lipinski definition) is 2. The number of benzene rings is 1. The van der Waals surface area contributed by atoms with E-state index in [0.717, 1.165) is 6.42 Å². The molecule has 1 saturated carbocycles. The average Bonchev–Trinajstić information content (AvgIpc) is 2.31. The van der Waals surface area contributed by atoms with Gasteiger partial charge in [-0.15, -0.1) is 0 Å². The molecule has 0 aliphatic heterocycles. The fraction of sp³-hybridized carbons (Fsp3) is 0.538. The van der Waals surface area contributed by atoms with Gasteiger partial charge in [0.25, 0.3) is 0 Å². The third-order valence-electron chi connectivity index (χ3n) is 3.55. The first-order chi connectivity index (χ1) is 9.03. The molecule has 1 aliphatic rings. The van der Waals surface area contributed by atoms with E-state index >= 15 is 0 Å². The van der Waals surface area contributed by atoms with Crippen LogP contribution in [0.15, 0.2) is 23.1 Å². The Morgan fingerprint density at radius 2 is 2.16 bits per heavy atom. The molecule has 1 aromatic carbocycles. The second-order valence-electron chi connectivity index (χ2n) is 4.89. The molecule has 106 valence electrons. The van der Waals surface area contributed by atoms with Gasteiger partial charge >= 0.3 is 0 Å². The number of nitrogen functional groups attached to an aromatic ring is 1. The van der Waals surface area contributed by atoms with Gasteiger partial charge in [-0.1, -0.05) is 19.3 Å². The van der Waals surface area contributed by atoms with Crippen LogP contribution in [0, 0.1) is 5.92 Å². The quantitative estimate of drug-likeness (QED) is 0.780. The number of nitrogens with one attached hydrogen (secondary N) is 1. The molecule has 0 radical (unpaired) electrons. The number of rotatable bonds is 6. The summed E-state index contributed by atoms with van der Waals surface area (Å²) in [5.41, 5.74) is 6.09. The van der Waals surface area contributed by atoms with E-state index in [0.29, 0.717) is 18.2 Å². The minimum atomic E-state index is -3.53. The van der Waals surface area contributed by atoms with E-state index < -0.39 is 10.0 Å². The Labute approximate surface area is 114 Å². The first-order valence-electron chi connectivity index (χ1n) is 6.46. The maximum absolute atomic E-state index is 12.2. The van der Waals surface area contributed by atoms with Crippen LogP contribution < -0.4 is 15.2 Å². The van der Waals surface area contributed by atoms with Gasteiger partial charge in [0.1, 0.15) is 10.6 Å². The topological polar surface area (TPSA) is 81.4 Å². The van der Waals surface area contributed by atoms with Crippen molar-refractivity contribution in [3.8, 4) is 5.75 Å². The molecule has 0 heterocycles. The van der Waals surface area contributed by atoms with Crippen molar-refractivity contribution in [1.29, 1.82) is 0 Å². The Bertz CT molecular complexity index is 539. The van der Waals surface area contributed by atoms with Gasteiger partial charge < -0.3 is 10.5 Å². The lowest BCUT2D eigenvalue weighted by atomic mass is 9.83. The zero-order valence-electron chi connectivity index (χ0n) is 11.1. The molecular formula is C13H20N2O3S. The minimum absolute atomic E-state index is 0.137. The molecule has 3 N–H and O–H groups in total. The molecule has 0 aromatic heterocycles. The van der Waals surface area contributed by atoms with Crippen molar-refractivity contribution < 1.29 is 13.2 Å². The highest BCUT2D eigenvalue weighted by atomic mass is 32.2. The standard InChI is InChI=1S/C13H20N2O3S/c1-18-12-9-11(14)5-6-13(12)19(16,17)15-8-7-10-3-2-4-10/h5-6,9-10,15H,2-4,7-8,14H2,1H3. The maximum Gasteiger partial charge on any atom is 0.244 e. The lowest BCUT2D eigenvalue weighted by molar-refractivity contribution is 0.297. The zero-order chi connectivity index (χ0) is 13.9. The molecule has 0 atom stereocenters. The van der Waals surface area contributed by atoms with E-state index in [1.54, 1.807) is 6.07 Å². The average molecular weight is 284 g/mol. The fourth-order valence-corrected chi connectivity index (χ4v) is 3.36. The molecule has 5 nitrogen and oxygen atoms in total. The van der Waals surface area contributed by atoms with Crippen LogP contribution >= 0.6 is 0 Å². The number of ether oxygens (including phenoxy) is 1. The van der Waals surface area contributed by atoms with Crippen LogP contribution in [0.1, 0.15) is 25.7 Å². The van der Waals surface area contributed by atoms with Crippen molar-refractivity contribution in [1.82, 2.24) is 4.72 Å². The Morgan fingerprint density at radius 3 is 2.74 bits per heavy atom. The fourth-order valence-electron chi connectivity index (χ4n) is 2.16. The Kier molecular flexibility index (Phi) is 4.31. The van der Waals surface area contributed by atoms with Gasteiger partial charge in [0.05, 0.1) is 7.11 Å². The van der Waals surface area contributed by atoms with E-state index in [4.69, 9.17) is 10.5 Å². The van der Waals surface area contributed by atoms with E-state index in [9.17, 15) is 8.42 Å². The van der Waals surface area contributed by atoms with Gasteiger partial charge in [0, 0.05) is 18.3 Å². The van der Waals surface area contributed by atoms with Crippen molar-refractivity contribution >= 4 is 15.7 Å². The maximum atomic E-state index is 12.2. The first kappa shape index (κ1) is 14.1. The Morgan fingerprint density at radius 1 is 1.42 bits per heavy atom. The van der Waals surface area contributed by atoms with Crippen LogP contribution in [0.4, 0.5) is 5.69 Å². The second kappa shape index (κ2) is 5.79. The van der Waals surface area contributed by atoms with Crippen molar-refractivity contribution in [3.05, 3.63) is 18.2 Å². The zero-order valence-corrected chi connectivity index (χ0v) is 11.9. The largest absolute Gasteiger partial charge is 0.495 e. The molecule has 0 spiro atoms. The highest BCUT2D eigenvalue weighted by Crippen LogP contribution is 2.29. The lowest BCUT2D eigenvalue weighted by Crippen LogP contribution is -2.27. The van der Waals surface area contributed by atoms with Gasteiger partial charge in [-0.25, -0.2) is 13.1 Å². The Balaban J connectivity index is 2.05. The van der Waals surface area contributed by atoms with Crippen LogP contribution in [0.2, 0.25) is 0 Å². The normalized spacial score (nSPS) is 16.1. The van der Waals surface area contributed by atoms with Gasteiger partial charge in [0.15, 0.2) is 0 Å². The van der Waals surface area contributed by atoms with Crippen molar-refractivity contribution in [2.75, 3.05) is 19.4 Å². The summed E-state index contributed by atoms with van der Waals surface area (Å²) in [5.74, 6) is 0.951. The smallest absolute Gasteiger partial charge is 0.244 e. The monoisotopic (exact) mass is 284 g/mol. The predicted octanol–water partition coefficient (Wildman–Crippen LogP) is 1.75. The molecule has 6 heteroatoms. The van der Waals surface area contributed by atoms with Crippen LogP contribution in [0.3, 0.4) is 0 Å². The van der Waals surface area contributed by atoms with Crippen LogP contribution in [0.25, 0.3) is 0 Å². The Hall–Kier alpha value is -1.27. The number of nitrogens with two attached hydrogens (primary N) is 1. The summed E-state index contributed by atoms with van der Waals surface area (Å²) >= 11 is 0. The summed E-state index contributed by atoms with van der Waals surface area (Å²) in [6, 6.07) is 4.54. The van der Waals surface area contributed by atoms with Crippen LogP contribution in [-0.4, -0.2) is 22.1 Å². The van der Waals surface area contributed by atoms with Gasteiger partial charge in [0.2, 0.25) is 10.0 Å². The van der Waals surface area contributed by atoms with E-state index in [2.05, 4.69) is 4.72 Å². The van der Waals surface area contributed by atoms with Gasteiger partial charge in [-0.3, -0.25) is 0 Å². The van der Waals surface area contributed by atoms with Crippen LogP contribution in [-0.2, 0) is 10.0 Å². The number of methoxy groups -OCH3 is 1. The first-order valence-corrected chi connectivity index (χ1v) is 7.94. The number of anilines is 1. The van der Waals surface area contributed by atoms with E-state index in [1.807, 2.05) is 0 Å². The number of hydrogen-bond acceptors (Lipinski definition) is 4. The van der Waals surface area contributed by atoms with Gasteiger partial charge in [-0.05, 0) is 24.5 Å². The van der Waals surface area contributed by atoms with Gasteiger partial charge in [-0.2, -0.15) is 0 Å². The molecule has 0 saturated heterocycles. The molecule has 1 fully saturated rings. The highest BCUT2D eigenvalue weighted by Gasteiger charge is 2.21. The predicted molar refractivity (Wildman–Crippen MR) is 74.6 cm³/mol. The summed E-state index contributed by atoms with van der Waals surface area (Å²) in [6.07, 6.45) is 4.60. The summed E-state index contributed by atoms with van der Waals surface area (Å²) < 4.78 is 32.1. The molecule has 0 amide bonds. The molecule has 19 heavy (non-hydrogen) atoms. The highest BCUT2D eigenvalue weighted by molar-refractivity contribution is 7.89. The molecular weight excluding hydrogens is 264 g/mol. The summed E-state index contributed by atoms with van der Waals surface area (Å²) in [7, 11) is -2.10. The summed E-state index contributed by atoms with van der Waals surface area (Å²) in [4.78, 5) is 0.137. The van der Waals surface area contributed by atoms with E-state index in [-0.39, 0.29) is 10.6 Å². The third-order valence-corrected chi connectivity index (χ3v) is 5.05. The SMILES string of the molecule is COc1cc(N)ccc1S(=O)(=O)NCCC1CCC1. The molecule has 1 aromatic rings. The summed E-state index contributed by atoms with van der Waals surface area (Å²) in [5, 5.41) is 0. The molecule has 2 rings (SSSR count). The lowest BCUT2D eigenvalue weighted by Gasteiger charge is -2.25. The molecule has 0 bridgehead atoms. The number of sulfonamides is 1. The third kappa shape index (κ3) is 3.39. The van der Waals surface area contributed by atoms with Crippen LogP contribution in [0.5, 0.6) is 5.75 Å². The minimum Gasteiger partial charge on any atom is -0.495 e. The van der Waals surface area contributed by atoms with Crippen molar-refractivity contribution in [3.63, 3.8) is 0 Å². The molecule has 1 aliphatic carbocycles. The second-order valence-corrected chi connectivity index (χ2v) is 6.63. The van der Waals surface area contributed by atoms with E-state index in [1.165, 1.54) is 38.5 Å². The van der Waals surface area contributed by atoms with Crippen molar-refractivity contribution in [2.45, 2.75) is 30.6 Å². The molecule has 0 unspecified atom stereocenters. The van der Waals surface area contributed by atoms with Crippen molar-refractivity contribution in [2.24, 2.45) is 5.92 Å².